The Morgan fingerprint density at radius 2 is 1.10 bits per heavy atom. The fourth-order valence-corrected chi connectivity index (χ4v) is 8.48. The van der Waals surface area contributed by atoms with Crippen molar-refractivity contribution in [3.8, 4) is 0 Å². The summed E-state index contributed by atoms with van der Waals surface area (Å²) in [5.41, 5.74) is 16.9. The molecule has 0 unspecified atom stereocenters. The van der Waals surface area contributed by atoms with Gasteiger partial charge in [0.15, 0.2) is 0 Å². The van der Waals surface area contributed by atoms with Crippen LogP contribution in [0.1, 0.15) is 102 Å². The van der Waals surface area contributed by atoms with Crippen molar-refractivity contribution in [1.82, 2.24) is 14.8 Å². The van der Waals surface area contributed by atoms with E-state index in [2.05, 4.69) is 14.8 Å². The molecule has 0 heterocycles. The maximum atomic E-state index is 11.3. The van der Waals surface area contributed by atoms with Gasteiger partial charge in [-0.15, -0.1) is 0 Å². The quantitative estimate of drug-likeness (QED) is 0.159. The predicted octanol–water partition coefficient (Wildman–Crippen LogP) is 3.15. The lowest BCUT2D eigenvalue weighted by molar-refractivity contribution is 0.140. The van der Waals surface area contributed by atoms with E-state index in [4.69, 9.17) is 32.6 Å². The van der Waals surface area contributed by atoms with Crippen LogP contribution >= 0.6 is 10.7 Å². The van der Waals surface area contributed by atoms with Crippen LogP contribution in [0, 0.1) is 0 Å². The van der Waals surface area contributed by atoms with Crippen LogP contribution in [0.25, 0.3) is 0 Å². The van der Waals surface area contributed by atoms with Crippen LogP contribution in [0.4, 0.5) is 4.79 Å². The second kappa shape index (κ2) is 26.2. The van der Waals surface area contributed by atoms with Gasteiger partial charge in [0.25, 0.3) is 0 Å². The maximum Gasteiger partial charge on any atom is 0.407 e. The molecule has 4 rings (SSSR count). The minimum atomic E-state index is -3.58. The van der Waals surface area contributed by atoms with Crippen molar-refractivity contribution in [3.63, 3.8) is 0 Å². The van der Waals surface area contributed by atoms with Crippen molar-refractivity contribution in [2.75, 3.05) is 36.9 Å². The molecule has 50 heavy (non-hydrogen) atoms. The first-order valence-corrected chi connectivity index (χ1v) is 23.5. The van der Waals surface area contributed by atoms with E-state index < -0.39 is 35.2 Å². The van der Waals surface area contributed by atoms with Crippen LogP contribution in [-0.2, 0) is 40.4 Å². The Morgan fingerprint density at radius 3 is 1.46 bits per heavy atom. The van der Waals surface area contributed by atoms with E-state index in [1.54, 1.807) is 0 Å². The van der Waals surface area contributed by atoms with Crippen molar-refractivity contribution < 1.29 is 34.8 Å². The topological polar surface area (TPSA) is 243 Å². The molecular formula is C32H61ClN6O8S3. The number of nitrogens with two attached hydrogens (primary N) is 3. The summed E-state index contributed by atoms with van der Waals surface area (Å²) >= 11 is 0. The fourth-order valence-electron chi connectivity index (χ4n) is 5.56. The lowest BCUT2D eigenvalue weighted by Gasteiger charge is -2.22. The van der Waals surface area contributed by atoms with Crippen LogP contribution in [0.15, 0.2) is 30.3 Å². The van der Waals surface area contributed by atoms with Crippen LogP contribution in [0.2, 0.25) is 0 Å². The van der Waals surface area contributed by atoms with Crippen LogP contribution in [0.3, 0.4) is 0 Å². The first-order valence-electron chi connectivity index (χ1n) is 17.7. The molecule has 3 fully saturated rings. The monoisotopic (exact) mass is 788 g/mol. The largest absolute Gasteiger partial charge is 0.445 e. The summed E-state index contributed by atoms with van der Waals surface area (Å²) in [5.74, 6) is -0.234. The molecule has 3 saturated carbocycles. The lowest BCUT2D eigenvalue weighted by atomic mass is 9.96. The standard InChI is InChI=1S/C10H12ClNO4S.2C8H18N2O2S.C6H13N/c11-17(14,15)7-6-12-10(13)16-8-9-4-2-1-3-5-9;2*9-6-7-13(11,12)10-8-4-2-1-3-5-8;7-6-4-2-1-3-5-6/h1-5H,6-8H2,(H,12,13);2*8,10H,1-7,9H2;6H,1-5,7H2. The van der Waals surface area contributed by atoms with E-state index in [-0.39, 0.29) is 55.6 Å². The summed E-state index contributed by atoms with van der Waals surface area (Å²) in [7, 11) is -4.83. The molecule has 3 aliphatic carbocycles. The molecule has 1 amide bonds. The molecule has 0 atom stereocenters. The van der Waals surface area contributed by atoms with Gasteiger partial charge in [-0.05, 0) is 44.1 Å². The minimum Gasteiger partial charge on any atom is -0.445 e. The van der Waals surface area contributed by atoms with Crippen LogP contribution < -0.4 is 32.0 Å². The van der Waals surface area contributed by atoms with Crippen molar-refractivity contribution in [3.05, 3.63) is 35.9 Å². The summed E-state index contributed by atoms with van der Waals surface area (Å²) in [6, 6.07) is 10.00. The first-order chi connectivity index (χ1) is 23.6. The number of sulfonamides is 2. The van der Waals surface area contributed by atoms with Gasteiger partial charge in [0.2, 0.25) is 29.1 Å². The molecular weight excluding hydrogens is 728 g/mol. The number of carbonyl (C=O) groups is 1. The molecule has 0 spiro atoms. The molecule has 0 bridgehead atoms. The summed E-state index contributed by atoms with van der Waals surface area (Å²) < 4.78 is 76.6. The van der Waals surface area contributed by atoms with Crippen molar-refractivity contribution in [1.29, 1.82) is 0 Å². The minimum absolute atomic E-state index is 0.0451. The van der Waals surface area contributed by atoms with Gasteiger partial charge in [-0.25, -0.2) is 39.5 Å². The summed E-state index contributed by atoms with van der Waals surface area (Å²) in [6.07, 6.45) is 16.9. The van der Waals surface area contributed by atoms with E-state index >= 15 is 0 Å². The summed E-state index contributed by atoms with van der Waals surface area (Å²) in [5, 5.41) is 2.28. The highest BCUT2D eigenvalue weighted by Crippen LogP contribution is 2.19. The Labute approximate surface area is 305 Å². The Balaban J connectivity index is 0.000000345. The highest BCUT2D eigenvalue weighted by Gasteiger charge is 2.20. The number of halogens is 1. The molecule has 0 aromatic heterocycles. The molecule has 0 aliphatic heterocycles. The summed E-state index contributed by atoms with van der Waals surface area (Å²) in [4.78, 5) is 11.1. The number of benzene rings is 1. The number of rotatable bonds is 13. The molecule has 9 N–H and O–H groups in total. The number of alkyl carbamates (subject to hydrolysis) is 1. The van der Waals surface area contributed by atoms with Gasteiger partial charge < -0.3 is 27.3 Å². The smallest absolute Gasteiger partial charge is 0.407 e. The van der Waals surface area contributed by atoms with Gasteiger partial charge in [0, 0.05) is 48.4 Å². The Bertz CT molecular complexity index is 1300. The molecule has 292 valence electrons. The Kier molecular flexibility index (Phi) is 24.4. The number of ether oxygens (including phenoxy) is 1. The molecule has 3 aliphatic rings. The van der Waals surface area contributed by atoms with Gasteiger partial charge in [-0.3, -0.25) is 0 Å². The third-order valence-corrected chi connectivity index (χ3v) is 12.2. The Morgan fingerprint density at radius 1 is 0.680 bits per heavy atom. The van der Waals surface area contributed by atoms with E-state index in [0.717, 1.165) is 56.9 Å². The third kappa shape index (κ3) is 26.2. The molecule has 0 radical (unpaired) electrons. The van der Waals surface area contributed by atoms with Gasteiger partial charge in [0.05, 0.1) is 17.3 Å². The van der Waals surface area contributed by atoms with Crippen LogP contribution in [0.5, 0.6) is 0 Å². The van der Waals surface area contributed by atoms with Gasteiger partial charge in [-0.2, -0.15) is 0 Å². The van der Waals surface area contributed by atoms with E-state index in [9.17, 15) is 30.0 Å². The maximum absolute atomic E-state index is 11.3. The number of carbonyl (C=O) groups excluding carboxylic acids is 1. The normalized spacial score (nSPS) is 17.8. The highest BCUT2D eigenvalue weighted by atomic mass is 35.7. The number of amides is 1. The molecule has 14 nitrogen and oxygen atoms in total. The lowest BCUT2D eigenvalue weighted by Crippen LogP contribution is -2.39. The third-order valence-electron chi connectivity index (χ3n) is 8.15. The van der Waals surface area contributed by atoms with Crippen LogP contribution in [-0.4, -0.2) is 86.4 Å². The zero-order chi connectivity index (χ0) is 37.3. The first kappa shape index (κ1) is 46.5. The van der Waals surface area contributed by atoms with Gasteiger partial charge in [0.1, 0.15) is 6.61 Å². The van der Waals surface area contributed by atoms with Gasteiger partial charge in [-0.1, -0.05) is 88.1 Å². The van der Waals surface area contributed by atoms with Crippen molar-refractivity contribution >= 4 is 45.9 Å². The van der Waals surface area contributed by atoms with Crippen molar-refractivity contribution in [2.45, 2.75) is 121 Å². The molecule has 18 heteroatoms. The average molecular weight is 790 g/mol. The van der Waals surface area contributed by atoms with Gasteiger partial charge >= 0.3 is 6.09 Å². The SMILES string of the molecule is NC1CCCCC1.NCCS(=O)(=O)NC1CCCCC1.NCCS(=O)(=O)NC1CCCCC1.O=C(NCCS(=O)(=O)Cl)OCc1ccccc1. The fraction of sp³-hybridized carbons (Fsp3) is 0.781. The zero-order valence-electron chi connectivity index (χ0n) is 29.3. The van der Waals surface area contributed by atoms with E-state index in [1.807, 2.05) is 30.3 Å². The second-order valence-corrected chi connectivity index (χ2v) is 19.4. The number of hydrogen-bond acceptors (Lipinski definition) is 11. The number of nitrogens with one attached hydrogen (secondary N) is 3. The van der Waals surface area contributed by atoms with E-state index in [1.165, 1.54) is 44.9 Å². The Hall–Kier alpha value is -1.57. The molecule has 0 saturated heterocycles. The average Bonchev–Trinajstić information content (AvgIpc) is 3.05. The zero-order valence-corrected chi connectivity index (χ0v) is 32.5. The predicted molar refractivity (Wildman–Crippen MR) is 201 cm³/mol. The summed E-state index contributed by atoms with van der Waals surface area (Å²) in [6.45, 7) is 0.462. The number of hydrogen-bond donors (Lipinski definition) is 6. The van der Waals surface area contributed by atoms with E-state index in [0.29, 0.717) is 6.04 Å². The van der Waals surface area contributed by atoms with Crippen molar-refractivity contribution in [2.24, 2.45) is 17.2 Å². The second-order valence-electron chi connectivity index (χ2n) is 12.8. The highest BCUT2D eigenvalue weighted by molar-refractivity contribution is 8.13. The molecule has 1 aromatic rings. The molecule has 1 aromatic carbocycles.